The molecule has 0 saturated heterocycles. The maximum atomic E-state index is 12.2. The van der Waals surface area contributed by atoms with E-state index in [1.54, 1.807) is 18.2 Å². The molecule has 7 heteroatoms. The van der Waals surface area contributed by atoms with Crippen molar-refractivity contribution in [3.05, 3.63) is 34.9 Å². The van der Waals surface area contributed by atoms with Gasteiger partial charge in [0.15, 0.2) is 5.84 Å². The number of amidine groups is 1. The Bertz CT molecular complexity index is 652. The lowest BCUT2D eigenvalue weighted by Gasteiger charge is -2.12. The summed E-state index contributed by atoms with van der Waals surface area (Å²) in [4.78, 5) is 22.9. The predicted octanol–water partition coefficient (Wildman–Crippen LogP) is 1.87. The van der Waals surface area contributed by atoms with Gasteiger partial charge in [-0.1, -0.05) is 11.2 Å². The van der Waals surface area contributed by atoms with E-state index >= 15 is 0 Å². The van der Waals surface area contributed by atoms with Crippen molar-refractivity contribution in [3.8, 4) is 0 Å². The molecule has 1 aromatic rings. The third-order valence-electron chi connectivity index (χ3n) is 4.09. The Balaban J connectivity index is 1.74. The largest absolute Gasteiger partial charge is 0.465 e. The summed E-state index contributed by atoms with van der Waals surface area (Å²) in [6.07, 6.45) is 2.22. The number of aryl methyl sites for hydroxylation is 1. The number of carboxylic acid groups (broad SMARTS) is 1. The second-order valence-corrected chi connectivity index (χ2v) is 5.67. The highest BCUT2D eigenvalue weighted by molar-refractivity contribution is 6.07. The van der Waals surface area contributed by atoms with Crippen molar-refractivity contribution in [2.24, 2.45) is 11.1 Å². The minimum absolute atomic E-state index is 0.146. The van der Waals surface area contributed by atoms with Gasteiger partial charge in [0.05, 0.1) is 6.04 Å². The van der Waals surface area contributed by atoms with E-state index < -0.39 is 6.09 Å². The average Bonchev–Trinajstić information content (AvgIpc) is 3.26. The van der Waals surface area contributed by atoms with E-state index in [2.05, 4.69) is 15.8 Å². The summed E-state index contributed by atoms with van der Waals surface area (Å²) in [6, 6.07) is 5.00. The molecule has 0 aromatic heterocycles. The first-order valence-corrected chi connectivity index (χ1v) is 7.24. The van der Waals surface area contributed by atoms with Crippen LogP contribution < -0.4 is 10.6 Å². The van der Waals surface area contributed by atoms with Crippen LogP contribution in [0.15, 0.2) is 23.4 Å². The number of amides is 2. The molecule has 1 fully saturated rings. The Morgan fingerprint density at radius 3 is 2.64 bits per heavy atom. The number of hydrogen-bond donors (Lipinski definition) is 4. The number of benzene rings is 1. The molecule has 0 spiro atoms. The standard InChI is InChI=1S/C15H17N3O4/c19-14(17-13(18-22)8-1-2-8)10-3-5-11-9(7-10)4-6-12(11)16-15(20)21/h3,5,7-8,12,16,22H,1-2,4,6H2,(H,20,21)(H,17,18,19)/t12-/m1/s1. The molecule has 116 valence electrons. The molecule has 2 amide bonds. The average molecular weight is 303 g/mol. The fraction of sp³-hybridized carbons (Fsp3) is 0.400. The Labute approximate surface area is 127 Å². The number of fused-ring (bicyclic) bond motifs is 1. The lowest BCUT2D eigenvalue weighted by Crippen LogP contribution is -2.32. The van der Waals surface area contributed by atoms with Gasteiger partial charge in [-0.2, -0.15) is 0 Å². The van der Waals surface area contributed by atoms with Gasteiger partial charge in [0.2, 0.25) is 0 Å². The summed E-state index contributed by atoms with van der Waals surface area (Å²) >= 11 is 0. The number of carbonyl (C=O) groups excluding carboxylic acids is 1. The monoisotopic (exact) mass is 303 g/mol. The summed E-state index contributed by atoms with van der Waals surface area (Å²) in [7, 11) is 0. The van der Waals surface area contributed by atoms with Gasteiger partial charge in [0.25, 0.3) is 5.91 Å². The van der Waals surface area contributed by atoms with Crippen LogP contribution in [0.3, 0.4) is 0 Å². The summed E-state index contributed by atoms with van der Waals surface area (Å²) in [5.74, 6) is 0.153. The number of hydrogen-bond acceptors (Lipinski definition) is 4. The zero-order chi connectivity index (χ0) is 15.7. The molecule has 0 heterocycles. The van der Waals surface area contributed by atoms with Crippen molar-refractivity contribution in [2.75, 3.05) is 0 Å². The predicted molar refractivity (Wildman–Crippen MR) is 78.1 cm³/mol. The van der Waals surface area contributed by atoms with Crippen LogP contribution in [0.5, 0.6) is 0 Å². The van der Waals surface area contributed by atoms with Crippen molar-refractivity contribution in [2.45, 2.75) is 31.7 Å². The van der Waals surface area contributed by atoms with Crippen LogP contribution >= 0.6 is 0 Å². The molecule has 1 atom stereocenters. The number of nitrogens with zero attached hydrogens (tertiary/aromatic N) is 1. The van der Waals surface area contributed by atoms with Gasteiger partial charge in [-0.15, -0.1) is 0 Å². The van der Waals surface area contributed by atoms with Crippen molar-refractivity contribution >= 4 is 17.8 Å². The van der Waals surface area contributed by atoms with Gasteiger partial charge in [0, 0.05) is 11.5 Å². The number of nitrogens with one attached hydrogen (secondary N) is 2. The molecule has 0 unspecified atom stereocenters. The van der Waals surface area contributed by atoms with Crippen LogP contribution in [0.25, 0.3) is 0 Å². The third-order valence-corrected chi connectivity index (χ3v) is 4.09. The quantitative estimate of drug-likeness (QED) is 0.295. The normalized spacial score (nSPS) is 20.4. The Morgan fingerprint density at radius 1 is 1.23 bits per heavy atom. The minimum atomic E-state index is -1.05. The fourth-order valence-electron chi connectivity index (χ4n) is 2.81. The van der Waals surface area contributed by atoms with E-state index in [1.165, 1.54) is 0 Å². The molecule has 0 radical (unpaired) electrons. The van der Waals surface area contributed by atoms with Gasteiger partial charge < -0.3 is 20.9 Å². The van der Waals surface area contributed by atoms with Crippen LogP contribution in [0, 0.1) is 5.92 Å². The Kier molecular flexibility index (Phi) is 3.70. The Hall–Kier alpha value is -2.57. The second-order valence-electron chi connectivity index (χ2n) is 5.67. The molecule has 22 heavy (non-hydrogen) atoms. The van der Waals surface area contributed by atoms with Crippen molar-refractivity contribution < 1.29 is 19.9 Å². The van der Waals surface area contributed by atoms with Gasteiger partial charge in [-0.3, -0.25) is 4.79 Å². The van der Waals surface area contributed by atoms with E-state index in [1.807, 2.05) is 0 Å². The Morgan fingerprint density at radius 2 is 2.00 bits per heavy atom. The lowest BCUT2D eigenvalue weighted by atomic mass is 10.0. The van der Waals surface area contributed by atoms with Crippen molar-refractivity contribution in [1.29, 1.82) is 0 Å². The van der Waals surface area contributed by atoms with Crippen LogP contribution in [0.1, 0.15) is 46.8 Å². The van der Waals surface area contributed by atoms with E-state index in [9.17, 15) is 9.59 Å². The molecular formula is C15H17N3O4. The zero-order valence-electron chi connectivity index (χ0n) is 11.9. The molecule has 0 bridgehead atoms. The number of carbonyl (C=O) groups is 2. The lowest BCUT2D eigenvalue weighted by molar-refractivity contribution is 0.0974. The second kappa shape index (κ2) is 5.67. The molecule has 2 aliphatic carbocycles. The molecule has 4 N–H and O–H groups in total. The van der Waals surface area contributed by atoms with Crippen LogP contribution in [-0.2, 0) is 6.42 Å². The van der Waals surface area contributed by atoms with Crippen LogP contribution in [0.2, 0.25) is 0 Å². The van der Waals surface area contributed by atoms with Crippen molar-refractivity contribution in [3.63, 3.8) is 0 Å². The summed E-state index contributed by atoms with van der Waals surface area (Å²) < 4.78 is 0. The van der Waals surface area contributed by atoms with E-state index in [0.29, 0.717) is 17.8 Å². The first-order valence-electron chi connectivity index (χ1n) is 7.24. The first-order chi connectivity index (χ1) is 10.6. The molecule has 0 aliphatic heterocycles. The number of rotatable bonds is 3. The molecule has 1 saturated carbocycles. The topological polar surface area (TPSA) is 111 Å². The van der Waals surface area contributed by atoms with Gasteiger partial charge in [-0.05, 0) is 48.9 Å². The fourth-order valence-corrected chi connectivity index (χ4v) is 2.81. The third kappa shape index (κ3) is 2.88. The highest BCUT2D eigenvalue weighted by Crippen LogP contribution is 2.32. The maximum Gasteiger partial charge on any atom is 0.405 e. The summed E-state index contributed by atoms with van der Waals surface area (Å²) in [6.45, 7) is 0. The smallest absolute Gasteiger partial charge is 0.405 e. The molecule has 2 aliphatic rings. The first kappa shape index (κ1) is 14.4. The molecule has 3 rings (SSSR count). The molecular weight excluding hydrogens is 286 g/mol. The summed E-state index contributed by atoms with van der Waals surface area (Å²) in [5.41, 5.74) is 2.37. The van der Waals surface area contributed by atoms with Gasteiger partial charge in [0.1, 0.15) is 0 Å². The number of oxime groups is 1. The molecule has 1 aromatic carbocycles. The van der Waals surface area contributed by atoms with Crippen molar-refractivity contribution in [1.82, 2.24) is 10.6 Å². The van der Waals surface area contributed by atoms with Gasteiger partial charge in [-0.25, -0.2) is 4.79 Å². The zero-order valence-corrected chi connectivity index (χ0v) is 11.9. The van der Waals surface area contributed by atoms with Crippen LogP contribution in [-0.4, -0.2) is 28.1 Å². The minimum Gasteiger partial charge on any atom is -0.465 e. The van der Waals surface area contributed by atoms with Gasteiger partial charge >= 0.3 is 6.09 Å². The van der Waals surface area contributed by atoms with E-state index in [4.69, 9.17) is 10.3 Å². The molecule has 7 nitrogen and oxygen atoms in total. The highest BCUT2D eigenvalue weighted by Gasteiger charge is 2.30. The SMILES string of the molecule is O=C(O)N[C@@H]1CCc2cc(C(=O)N/C(=N\O)C3CC3)ccc21. The van der Waals surface area contributed by atoms with Crippen LogP contribution in [0.4, 0.5) is 4.79 Å². The van der Waals surface area contributed by atoms with E-state index in [-0.39, 0.29) is 17.9 Å². The summed E-state index contributed by atoms with van der Waals surface area (Å²) in [5, 5.41) is 26.0. The highest BCUT2D eigenvalue weighted by atomic mass is 16.4. The maximum absolute atomic E-state index is 12.2. The van der Waals surface area contributed by atoms with E-state index in [0.717, 1.165) is 30.4 Å².